The number of fused-ring (bicyclic) bond motifs is 2. The zero-order chi connectivity index (χ0) is 21.5. The molecule has 0 saturated heterocycles. The summed E-state index contributed by atoms with van der Waals surface area (Å²) < 4.78 is 7.38. The molecule has 0 N–H and O–H groups in total. The lowest BCUT2D eigenvalue weighted by Crippen LogP contribution is -2.34. The monoisotopic (exact) mass is 422 g/mol. The minimum Gasteiger partial charge on any atom is -0.337 e. The molecule has 156 valence electrons. The molecule has 32 heavy (non-hydrogen) atoms. The molecule has 4 heterocycles. The van der Waals surface area contributed by atoms with Crippen LogP contribution in [0.25, 0.3) is 28.2 Å². The van der Waals surface area contributed by atoms with Crippen LogP contribution in [0.1, 0.15) is 17.9 Å². The third kappa shape index (κ3) is 3.13. The zero-order valence-corrected chi connectivity index (χ0v) is 17.0. The Morgan fingerprint density at radius 1 is 0.938 bits per heavy atom. The summed E-state index contributed by atoms with van der Waals surface area (Å²) in [6, 6.07) is 19.6. The second-order valence-corrected chi connectivity index (χ2v) is 7.63. The lowest BCUT2D eigenvalue weighted by molar-refractivity contribution is -0.119. The fraction of sp³-hybridized carbons (Fsp3) is 0.125. The summed E-state index contributed by atoms with van der Waals surface area (Å²) in [6.45, 7) is 0.245. The fourth-order valence-electron chi connectivity index (χ4n) is 4.04. The van der Waals surface area contributed by atoms with Gasteiger partial charge < -0.3 is 9.42 Å². The van der Waals surface area contributed by atoms with Crippen molar-refractivity contribution in [2.45, 2.75) is 19.4 Å². The van der Waals surface area contributed by atoms with E-state index in [9.17, 15) is 4.79 Å². The predicted molar refractivity (Wildman–Crippen MR) is 118 cm³/mol. The highest BCUT2D eigenvalue weighted by molar-refractivity contribution is 5.96. The van der Waals surface area contributed by atoms with Gasteiger partial charge in [-0.2, -0.15) is 4.98 Å². The number of carbonyl (C=O) groups excluding carboxylic acids is 1. The van der Waals surface area contributed by atoms with E-state index in [1.54, 1.807) is 17.4 Å². The number of hydrogen-bond donors (Lipinski definition) is 0. The zero-order valence-electron chi connectivity index (χ0n) is 17.0. The van der Waals surface area contributed by atoms with E-state index >= 15 is 0 Å². The first kappa shape index (κ1) is 18.4. The lowest BCUT2D eigenvalue weighted by Gasteiger charge is -2.28. The summed E-state index contributed by atoms with van der Waals surface area (Å²) in [6.07, 6.45) is 4.70. The van der Waals surface area contributed by atoms with Gasteiger partial charge in [-0.3, -0.25) is 9.36 Å². The molecular formula is C24H18N6O2. The van der Waals surface area contributed by atoms with Crippen molar-refractivity contribution in [3.8, 4) is 17.2 Å². The van der Waals surface area contributed by atoms with Gasteiger partial charge in [-0.15, -0.1) is 0 Å². The standard InChI is InChI=1S/C24H18N6O2/c31-23-12-10-16-5-1-3-7-19(16)29(23)14-22-27-24(28-32-22)17-9-11-21(25-13-17)30-15-26-18-6-2-4-8-20(18)30/h1-9,11,13,15H,10,12,14H2. The first-order valence-corrected chi connectivity index (χ1v) is 10.4. The molecule has 0 unspecified atom stereocenters. The molecule has 0 atom stereocenters. The average molecular weight is 422 g/mol. The smallest absolute Gasteiger partial charge is 0.247 e. The molecule has 1 aliphatic rings. The molecule has 2 aromatic carbocycles. The van der Waals surface area contributed by atoms with Crippen LogP contribution in [0.5, 0.6) is 0 Å². The molecule has 5 aromatic rings. The molecule has 0 saturated carbocycles. The highest BCUT2D eigenvalue weighted by atomic mass is 16.5. The van der Waals surface area contributed by atoms with Gasteiger partial charge in [0.25, 0.3) is 0 Å². The van der Waals surface area contributed by atoms with Crippen LogP contribution in [0.4, 0.5) is 5.69 Å². The maximum Gasteiger partial charge on any atom is 0.247 e. The molecular weight excluding hydrogens is 404 g/mol. The molecule has 1 amide bonds. The van der Waals surface area contributed by atoms with Crippen molar-refractivity contribution < 1.29 is 9.32 Å². The molecule has 3 aromatic heterocycles. The number of carbonyl (C=O) groups is 1. The van der Waals surface area contributed by atoms with Crippen LogP contribution in [0.3, 0.4) is 0 Å². The Balaban J connectivity index is 1.25. The van der Waals surface area contributed by atoms with Crippen LogP contribution in [-0.4, -0.2) is 30.6 Å². The van der Waals surface area contributed by atoms with E-state index in [1.165, 1.54) is 0 Å². The number of para-hydroxylation sites is 3. The predicted octanol–water partition coefficient (Wildman–Crippen LogP) is 3.95. The van der Waals surface area contributed by atoms with Crippen LogP contribution in [0.2, 0.25) is 0 Å². The van der Waals surface area contributed by atoms with Crippen molar-refractivity contribution in [1.82, 2.24) is 24.7 Å². The number of hydrogen-bond acceptors (Lipinski definition) is 6. The van der Waals surface area contributed by atoms with E-state index < -0.39 is 0 Å². The molecule has 0 aliphatic carbocycles. The SMILES string of the molecule is O=C1CCc2ccccc2N1Cc1nc(-c2ccc(-n3cnc4ccccc43)nc2)no1. The number of pyridine rings is 1. The van der Waals surface area contributed by atoms with Crippen molar-refractivity contribution in [2.24, 2.45) is 0 Å². The summed E-state index contributed by atoms with van der Waals surface area (Å²) >= 11 is 0. The Morgan fingerprint density at radius 3 is 2.72 bits per heavy atom. The van der Waals surface area contributed by atoms with Crippen LogP contribution in [-0.2, 0) is 17.8 Å². The van der Waals surface area contributed by atoms with E-state index in [0.29, 0.717) is 18.1 Å². The molecule has 0 spiro atoms. The van der Waals surface area contributed by atoms with Crippen molar-refractivity contribution >= 4 is 22.6 Å². The number of aromatic nitrogens is 5. The van der Waals surface area contributed by atoms with E-state index in [1.807, 2.05) is 65.2 Å². The molecule has 0 radical (unpaired) electrons. The van der Waals surface area contributed by atoms with Crippen LogP contribution >= 0.6 is 0 Å². The number of benzene rings is 2. The Hall–Kier alpha value is -4.33. The lowest BCUT2D eigenvalue weighted by atomic mass is 10.0. The van der Waals surface area contributed by atoms with Crippen molar-refractivity contribution in [3.05, 3.63) is 84.6 Å². The second-order valence-electron chi connectivity index (χ2n) is 7.63. The molecule has 0 fully saturated rings. The van der Waals surface area contributed by atoms with Gasteiger partial charge in [-0.1, -0.05) is 35.5 Å². The molecule has 6 rings (SSSR count). The maximum atomic E-state index is 12.5. The van der Waals surface area contributed by atoms with Gasteiger partial charge in [0.05, 0.1) is 11.0 Å². The molecule has 1 aliphatic heterocycles. The van der Waals surface area contributed by atoms with Crippen LogP contribution in [0, 0.1) is 0 Å². The summed E-state index contributed by atoms with van der Waals surface area (Å²) in [7, 11) is 0. The summed E-state index contributed by atoms with van der Waals surface area (Å²) in [4.78, 5) is 27.7. The maximum absolute atomic E-state index is 12.5. The number of imidazole rings is 1. The second kappa shape index (κ2) is 7.42. The largest absolute Gasteiger partial charge is 0.337 e. The third-order valence-electron chi connectivity index (χ3n) is 5.66. The average Bonchev–Trinajstić information content (AvgIpc) is 3.48. The minimum atomic E-state index is 0.0574. The highest BCUT2D eigenvalue weighted by Gasteiger charge is 2.25. The van der Waals surface area contributed by atoms with Gasteiger partial charge in [0.2, 0.25) is 17.6 Å². The topological polar surface area (TPSA) is 89.9 Å². The highest BCUT2D eigenvalue weighted by Crippen LogP contribution is 2.29. The van der Waals surface area contributed by atoms with E-state index in [-0.39, 0.29) is 12.5 Å². The number of anilines is 1. The Labute approximate surface area is 183 Å². The van der Waals surface area contributed by atoms with Gasteiger partial charge in [0.15, 0.2) is 0 Å². The molecule has 0 bridgehead atoms. The number of nitrogens with zero attached hydrogens (tertiary/aromatic N) is 6. The van der Waals surface area contributed by atoms with Gasteiger partial charge in [0.1, 0.15) is 18.7 Å². The van der Waals surface area contributed by atoms with Crippen molar-refractivity contribution in [1.29, 1.82) is 0 Å². The van der Waals surface area contributed by atoms with Gasteiger partial charge >= 0.3 is 0 Å². The Bertz CT molecular complexity index is 1440. The minimum absolute atomic E-state index is 0.0574. The summed E-state index contributed by atoms with van der Waals surface area (Å²) in [5, 5.41) is 4.09. The summed E-state index contributed by atoms with van der Waals surface area (Å²) in [5.41, 5.74) is 4.69. The van der Waals surface area contributed by atoms with E-state index in [0.717, 1.165) is 40.1 Å². The number of amides is 1. The molecule has 8 nitrogen and oxygen atoms in total. The number of rotatable bonds is 4. The normalized spacial score (nSPS) is 13.5. The van der Waals surface area contributed by atoms with Gasteiger partial charge in [-0.05, 0) is 42.3 Å². The molecule has 8 heteroatoms. The van der Waals surface area contributed by atoms with Crippen LogP contribution in [0.15, 0.2) is 77.7 Å². The Kier molecular flexibility index (Phi) is 4.28. The van der Waals surface area contributed by atoms with E-state index in [4.69, 9.17) is 4.52 Å². The van der Waals surface area contributed by atoms with E-state index in [2.05, 4.69) is 20.1 Å². The Morgan fingerprint density at radius 2 is 1.81 bits per heavy atom. The fourth-order valence-corrected chi connectivity index (χ4v) is 4.04. The van der Waals surface area contributed by atoms with Crippen LogP contribution < -0.4 is 4.90 Å². The van der Waals surface area contributed by atoms with Gasteiger partial charge in [0, 0.05) is 23.9 Å². The number of aryl methyl sites for hydroxylation is 1. The van der Waals surface area contributed by atoms with Crippen molar-refractivity contribution in [2.75, 3.05) is 4.90 Å². The van der Waals surface area contributed by atoms with Gasteiger partial charge in [-0.25, -0.2) is 9.97 Å². The summed E-state index contributed by atoms with van der Waals surface area (Å²) in [5.74, 6) is 1.63. The van der Waals surface area contributed by atoms with Crippen molar-refractivity contribution in [3.63, 3.8) is 0 Å². The quantitative estimate of drug-likeness (QED) is 0.436. The first-order chi connectivity index (χ1) is 15.8. The first-order valence-electron chi connectivity index (χ1n) is 10.4. The third-order valence-corrected chi connectivity index (χ3v) is 5.66.